The zero-order valence-electron chi connectivity index (χ0n) is 18.1. The van der Waals surface area contributed by atoms with Gasteiger partial charge in [0, 0.05) is 25.2 Å². The second-order valence-electron chi connectivity index (χ2n) is 7.86. The van der Waals surface area contributed by atoms with Crippen LogP contribution >= 0.6 is 0 Å². The van der Waals surface area contributed by atoms with Crippen molar-refractivity contribution < 1.29 is 18.3 Å². The van der Waals surface area contributed by atoms with Crippen LogP contribution in [0.15, 0.2) is 30.5 Å². The van der Waals surface area contributed by atoms with Gasteiger partial charge < -0.3 is 15.0 Å². The van der Waals surface area contributed by atoms with Crippen molar-refractivity contribution in [1.29, 1.82) is 0 Å². The van der Waals surface area contributed by atoms with Crippen LogP contribution < -0.4 is 10.1 Å². The second kappa shape index (κ2) is 8.26. The van der Waals surface area contributed by atoms with Crippen LogP contribution in [0.25, 0.3) is 27.7 Å². The lowest BCUT2D eigenvalue weighted by atomic mass is 10.1. The Morgan fingerprint density at radius 3 is 2.88 bits per heavy atom. The fraction of sp³-hybridized carbons (Fsp3) is 0.381. The lowest BCUT2D eigenvalue weighted by Gasteiger charge is -2.16. The molecule has 0 unspecified atom stereocenters. The maximum absolute atomic E-state index is 14.4. The zero-order valence-corrected chi connectivity index (χ0v) is 18.1. The molecule has 0 radical (unpaired) electrons. The van der Waals surface area contributed by atoms with Crippen LogP contribution in [0.4, 0.5) is 14.7 Å². The van der Waals surface area contributed by atoms with E-state index in [-0.39, 0.29) is 31.5 Å². The number of aryl methyl sites for hydroxylation is 1. The van der Waals surface area contributed by atoms with E-state index in [1.165, 1.54) is 23.6 Å². The Kier molecular flexibility index (Phi) is 5.27. The number of aromatic nitrogens is 6. The van der Waals surface area contributed by atoms with Crippen LogP contribution in [-0.4, -0.2) is 79.5 Å². The van der Waals surface area contributed by atoms with Crippen LogP contribution in [0.2, 0.25) is 0 Å². The molecule has 172 valence electrons. The quantitative estimate of drug-likeness (QED) is 0.474. The molecule has 1 fully saturated rings. The van der Waals surface area contributed by atoms with Crippen molar-refractivity contribution in [3.63, 3.8) is 0 Å². The monoisotopic (exact) mass is 456 g/mol. The molecule has 1 aliphatic rings. The van der Waals surface area contributed by atoms with E-state index in [2.05, 4.69) is 25.7 Å². The van der Waals surface area contributed by atoms with Gasteiger partial charge in [0.05, 0.1) is 31.8 Å². The summed E-state index contributed by atoms with van der Waals surface area (Å²) in [6.07, 6.45) is 0.527. The van der Waals surface area contributed by atoms with E-state index in [1.54, 1.807) is 10.7 Å². The van der Waals surface area contributed by atoms with Crippen molar-refractivity contribution in [2.45, 2.75) is 25.7 Å². The van der Waals surface area contributed by atoms with Crippen LogP contribution in [0.5, 0.6) is 5.88 Å². The van der Waals surface area contributed by atoms with E-state index in [1.807, 2.05) is 24.3 Å². The Morgan fingerprint density at radius 1 is 1.30 bits per heavy atom. The van der Waals surface area contributed by atoms with E-state index >= 15 is 0 Å². The summed E-state index contributed by atoms with van der Waals surface area (Å²) in [5, 5.41) is 15.5. The number of carbonyl (C=O) groups is 1. The van der Waals surface area contributed by atoms with Gasteiger partial charge in [0.15, 0.2) is 0 Å². The van der Waals surface area contributed by atoms with Gasteiger partial charge in [-0.1, -0.05) is 11.3 Å². The number of anilines is 1. The highest BCUT2D eigenvalue weighted by atomic mass is 19.1. The van der Waals surface area contributed by atoms with Gasteiger partial charge in [-0.15, -0.1) is 10.2 Å². The van der Waals surface area contributed by atoms with Crippen molar-refractivity contribution in [2.24, 2.45) is 0 Å². The number of amides is 1. The number of carbonyl (C=O) groups excluding carboxylic acids is 1. The number of alkyl halides is 2. The summed E-state index contributed by atoms with van der Waals surface area (Å²) in [5.74, 6) is 0.325. The largest absolute Gasteiger partial charge is 0.479 e. The molecule has 0 bridgehead atoms. The minimum atomic E-state index is -1.23. The standard InChI is InChI=1S/C21H22F2N8O2/c1-12(32)29-10-15(23)17(11-29)24-21-25-20(33-2)19-14(5-7-31(19)27-21)13-3-4-16-18(9-13)30(8-6-22)28-26-16/h3-5,7,9,15,17H,6,8,10-11H2,1-2H3,(H,24,27)/t15-,17+/m0/s1. The van der Waals surface area contributed by atoms with Crippen LogP contribution in [-0.2, 0) is 11.3 Å². The summed E-state index contributed by atoms with van der Waals surface area (Å²) in [7, 11) is 1.50. The molecule has 0 saturated carbocycles. The van der Waals surface area contributed by atoms with Crippen LogP contribution in [0.1, 0.15) is 6.92 Å². The molecule has 1 amide bonds. The number of halogens is 2. The van der Waals surface area contributed by atoms with Gasteiger partial charge >= 0.3 is 0 Å². The number of nitrogens with one attached hydrogen (secondary N) is 1. The molecule has 1 aliphatic heterocycles. The first-order valence-electron chi connectivity index (χ1n) is 10.5. The Hall–Kier alpha value is -3.83. The lowest BCUT2D eigenvalue weighted by Crippen LogP contribution is -2.32. The molecule has 1 aromatic carbocycles. The third kappa shape index (κ3) is 3.70. The van der Waals surface area contributed by atoms with Crippen molar-refractivity contribution in [2.75, 3.05) is 32.2 Å². The summed E-state index contributed by atoms with van der Waals surface area (Å²) >= 11 is 0. The Labute approximate surface area is 187 Å². The fourth-order valence-electron chi connectivity index (χ4n) is 4.13. The summed E-state index contributed by atoms with van der Waals surface area (Å²) in [6, 6.07) is 6.85. The average molecular weight is 456 g/mol. The number of likely N-dealkylation sites (tertiary alicyclic amines) is 1. The number of nitrogens with zero attached hydrogens (tertiary/aromatic N) is 7. The molecule has 10 nitrogen and oxygen atoms in total. The van der Waals surface area contributed by atoms with E-state index in [0.29, 0.717) is 22.4 Å². The first-order chi connectivity index (χ1) is 16.0. The first kappa shape index (κ1) is 21.0. The van der Waals surface area contributed by atoms with E-state index < -0.39 is 18.9 Å². The summed E-state index contributed by atoms with van der Waals surface area (Å²) in [4.78, 5) is 17.5. The zero-order chi connectivity index (χ0) is 23.1. The van der Waals surface area contributed by atoms with Crippen molar-refractivity contribution >= 4 is 28.4 Å². The summed E-state index contributed by atoms with van der Waals surface area (Å²) in [6.45, 7) is 1.27. The molecule has 0 spiro atoms. The van der Waals surface area contributed by atoms with Crippen molar-refractivity contribution in [1.82, 2.24) is 34.5 Å². The number of rotatable bonds is 6. The molecule has 2 atom stereocenters. The third-order valence-corrected chi connectivity index (χ3v) is 5.80. The van der Waals surface area contributed by atoms with E-state index in [4.69, 9.17) is 4.74 Å². The molecule has 3 aromatic heterocycles. The number of hydrogen-bond acceptors (Lipinski definition) is 7. The molecular formula is C21H22F2N8O2. The minimum absolute atomic E-state index is 0.0381. The van der Waals surface area contributed by atoms with Crippen LogP contribution in [0, 0.1) is 0 Å². The smallest absolute Gasteiger partial charge is 0.244 e. The summed E-state index contributed by atoms with van der Waals surface area (Å²) < 4.78 is 35.9. The topological polar surface area (TPSA) is 102 Å². The molecular weight excluding hydrogens is 434 g/mol. The Balaban J connectivity index is 1.51. The molecule has 5 rings (SSSR count). The fourth-order valence-corrected chi connectivity index (χ4v) is 4.13. The number of fused-ring (bicyclic) bond motifs is 2. The summed E-state index contributed by atoms with van der Waals surface area (Å²) in [5.41, 5.74) is 3.66. The third-order valence-electron chi connectivity index (χ3n) is 5.80. The van der Waals surface area contributed by atoms with E-state index in [0.717, 1.165) is 11.1 Å². The average Bonchev–Trinajstić information content (AvgIpc) is 3.51. The molecule has 33 heavy (non-hydrogen) atoms. The van der Waals surface area contributed by atoms with Crippen LogP contribution in [0.3, 0.4) is 0 Å². The maximum Gasteiger partial charge on any atom is 0.244 e. The maximum atomic E-state index is 14.4. The number of methoxy groups -OCH3 is 1. The molecule has 1 N–H and O–H groups in total. The predicted molar refractivity (Wildman–Crippen MR) is 117 cm³/mol. The molecule has 1 saturated heterocycles. The van der Waals surface area contributed by atoms with E-state index in [9.17, 15) is 13.6 Å². The Bertz CT molecular complexity index is 1340. The highest BCUT2D eigenvalue weighted by molar-refractivity contribution is 5.89. The van der Waals surface area contributed by atoms with Crippen molar-refractivity contribution in [3.05, 3.63) is 30.5 Å². The predicted octanol–water partition coefficient (Wildman–Crippen LogP) is 2.10. The van der Waals surface area contributed by atoms with Gasteiger partial charge in [-0.25, -0.2) is 18.0 Å². The number of hydrogen-bond donors (Lipinski definition) is 1. The van der Waals surface area contributed by atoms with Gasteiger partial charge in [-0.2, -0.15) is 4.98 Å². The van der Waals surface area contributed by atoms with Gasteiger partial charge in [0.25, 0.3) is 0 Å². The molecule has 4 heterocycles. The van der Waals surface area contributed by atoms with Gasteiger partial charge in [0.2, 0.25) is 17.7 Å². The molecule has 4 aromatic rings. The van der Waals surface area contributed by atoms with Gasteiger partial charge in [-0.05, 0) is 23.8 Å². The molecule has 0 aliphatic carbocycles. The lowest BCUT2D eigenvalue weighted by molar-refractivity contribution is -0.128. The second-order valence-corrected chi connectivity index (χ2v) is 7.86. The SMILES string of the molecule is COc1nc(N[C@@H]2CN(C(C)=O)C[C@@H]2F)nn2ccc(-c3ccc4nnn(CCF)c4c3)c12. The Morgan fingerprint density at radius 2 is 2.15 bits per heavy atom. The number of ether oxygens (including phenoxy) is 1. The highest BCUT2D eigenvalue weighted by Gasteiger charge is 2.35. The number of benzene rings is 1. The van der Waals surface area contributed by atoms with Gasteiger partial charge in [-0.3, -0.25) is 4.79 Å². The first-order valence-corrected chi connectivity index (χ1v) is 10.5. The van der Waals surface area contributed by atoms with Crippen molar-refractivity contribution in [3.8, 4) is 17.0 Å². The highest BCUT2D eigenvalue weighted by Crippen LogP contribution is 2.33. The minimum Gasteiger partial charge on any atom is -0.479 e. The normalized spacial score (nSPS) is 18.4. The van der Waals surface area contributed by atoms with Gasteiger partial charge in [0.1, 0.15) is 23.9 Å². The molecule has 12 heteroatoms.